The van der Waals surface area contributed by atoms with Crippen molar-refractivity contribution in [3.05, 3.63) is 107 Å². The smallest absolute Gasteiger partial charge is 0.286 e. The molecule has 1 fully saturated rings. The molecule has 6 heteroatoms. The maximum Gasteiger partial charge on any atom is 0.286 e. The van der Waals surface area contributed by atoms with Gasteiger partial charge in [-0.3, -0.25) is 9.69 Å². The van der Waals surface area contributed by atoms with E-state index in [1.165, 1.54) is 22.9 Å². The second-order valence-corrected chi connectivity index (χ2v) is 9.31. The third-order valence-corrected chi connectivity index (χ3v) is 7.26. The van der Waals surface area contributed by atoms with Crippen molar-refractivity contribution in [3.63, 3.8) is 0 Å². The Bertz CT molecular complexity index is 1160. The highest BCUT2D eigenvalue weighted by molar-refractivity contribution is 8.18. The van der Waals surface area contributed by atoms with Gasteiger partial charge in [-0.25, -0.2) is 0 Å². The van der Waals surface area contributed by atoms with Crippen LogP contribution in [0.4, 0.5) is 0 Å². The molecule has 0 unspecified atom stereocenters. The molecule has 0 N–H and O–H groups in total. The number of hydrogen-bond acceptors (Lipinski definition) is 5. The van der Waals surface area contributed by atoms with Gasteiger partial charge in [0, 0.05) is 31.7 Å². The molecule has 2 aliphatic rings. The van der Waals surface area contributed by atoms with Crippen LogP contribution in [-0.2, 0) is 4.79 Å². The summed E-state index contributed by atoms with van der Waals surface area (Å²) in [5.41, 5.74) is 3.48. The molecular weight excluding hydrogens is 442 g/mol. The van der Waals surface area contributed by atoms with E-state index in [2.05, 4.69) is 75.5 Å². The van der Waals surface area contributed by atoms with Gasteiger partial charge in [0.25, 0.3) is 5.91 Å². The molecule has 5 rings (SSSR count). The van der Waals surface area contributed by atoms with Gasteiger partial charge in [-0.1, -0.05) is 78.9 Å². The van der Waals surface area contributed by atoms with Crippen molar-refractivity contribution in [1.82, 2.24) is 9.80 Å². The molecular formula is C28H27N3O2S. The number of carbonyl (C=O) groups excluding carboxylic acids is 1. The van der Waals surface area contributed by atoms with Crippen LogP contribution >= 0.6 is 11.8 Å². The molecule has 2 aliphatic heterocycles. The summed E-state index contributed by atoms with van der Waals surface area (Å²) >= 11 is 1.46. The average Bonchev–Trinajstić information content (AvgIpc) is 3.26. The lowest BCUT2D eigenvalue weighted by molar-refractivity contribution is -0.113. The second kappa shape index (κ2) is 10.3. The van der Waals surface area contributed by atoms with E-state index in [1.54, 1.807) is 7.11 Å². The molecule has 0 radical (unpaired) electrons. The van der Waals surface area contributed by atoms with Gasteiger partial charge in [0.2, 0.25) is 0 Å². The Kier molecular flexibility index (Phi) is 6.79. The molecule has 3 aromatic carbocycles. The Morgan fingerprint density at radius 2 is 1.44 bits per heavy atom. The van der Waals surface area contributed by atoms with Crippen molar-refractivity contribution in [1.29, 1.82) is 0 Å². The number of rotatable bonds is 5. The lowest BCUT2D eigenvalue weighted by Gasteiger charge is -2.40. The fraction of sp³-hybridized carbons (Fsp3) is 0.214. The summed E-state index contributed by atoms with van der Waals surface area (Å²) in [6.07, 6.45) is 1.87. The van der Waals surface area contributed by atoms with Gasteiger partial charge >= 0.3 is 0 Å². The van der Waals surface area contributed by atoms with Crippen molar-refractivity contribution in [2.24, 2.45) is 4.99 Å². The van der Waals surface area contributed by atoms with E-state index in [-0.39, 0.29) is 11.9 Å². The highest BCUT2D eigenvalue weighted by Gasteiger charge is 2.31. The van der Waals surface area contributed by atoms with Gasteiger partial charge in [0.1, 0.15) is 5.75 Å². The van der Waals surface area contributed by atoms with E-state index >= 15 is 0 Å². The molecule has 0 bridgehead atoms. The molecule has 2 heterocycles. The number of thioether (sulfide) groups is 1. The van der Waals surface area contributed by atoms with E-state index in [1.807, 2.05) is 30.3 Å². The predicted molar refractivity (Wildman–Crippen MR) is 139 cm³/mol. The van der Waals surface area contributed by atoms with Crippen LogP contribution in [-0.4, -0.2) is 54.2 Å². The third kappa shape index (κ3) is 4.79. The van der Waals surface area contributed by atoms with Crippen molar-refractivity contribution >= 4 is 28.9 Å². The maximum atomic E-state index is 12.6. The largest absolute Gasteiger partial charge is 0.496 e. The highest BCUT2D eigenvalue weighted by atomic mass is 32.2. The number of piperazine rings is 1. The van der Waals surface area contributed by atoms with Crippen LogP contribution in [0.25, 0.3) is 6.08 Å². The quantitative estimate of drug-likeness (QED) is 0.488. The van der Waals surface area contributed by atoms with Crippen molar-refractivity contribution < 1.29 is 9.53 Å². The van der Waals surface area contributed by atoms with E-state index in [0.717, 1.165) is 42.7 Å². The number of amidine groups is 1. The molecule has 1 amide bonds. The summed E-state index contributed by atoms with van der Waals surface area (Å²) < 4.78 is 5.42. The molecule has 0 aromatic heterocycles. The van der Waals surface area contributed by atoms with Crippen molar-refractivity contribution in [3.8, 4) is 5.75 Å². The fourth-order valence-corrected chi connectivity index (χ4v) is 5.47. The van der Waals surface area contributed by atoms with E-state index in [4.69, 9.17) is 4.74 Å². The third-order valence-electron chi connectivity index (χ3n) is 6.22. The van der Waals surface area contributed by atoms with Crippen LogP contribution in [0.15, 0.2) is 94.8 Å². The Balaban J connectivity index is 1.29. The van der Waals surface area contributed by atoms with Crippen LogP contribution in [0.1, 0.15) is 22.7 Å². The Morgan fingerprint density at radius 3 is 2.06 bits per heavy atom. The number of aliphatic imine (C=N–C) groups is 1. The first kappa shape index (κ1) is 22.4. The number of carbonyl (C=O) groups is 1. The summed E-state index contributed by atoms with van der Waals surface area (Å²) in [5, 5.41) is 0.793. The Hall–Kier alpha value is -3.35. The van der Waals surface area contributed by atoms with Crippen molar-refractivity contribution in [2.45, 2.75) is 6.04 Å². The molecule has 0 spiro atoms. The van der Waals surface area contributed by atoms with Crippen molar-refractivity contribution in [2.75, 3.05) is 33.3 Å². The van der Waals surface area contributed by atoms with Crippen LogP contribution in [0.2, 0.25) is 0 Å². The molecule has 34 heavy (non-hydrogen) atoms. The number of amides is 1. The zero-order valence-electron chi connectivity index (χ0n) is 19.1. The van der Waals surface area contributed by atoms with Gasteiger partial charge in [0.05, 0.1) is 18.1 Å². The fourth-order valence-electron chi connectivity index (χ4n) is 4.52. The van der Waals surface area contributed by atoms with Crippen LogP contribution < -0.4 is 4.74 Å². The van der Waals surface area contributed by atoms with Gasteiger partial charge in [-0.2, -0.15) is 4.99 Å². The number of benzene rings is 3. The highest BCUT2D eigenvalue weighted by Crippen LogP contribution is 2.34. The minimum atomic E-state index is -0.181. The van der Waals surface area contributed by atoms with Gasteiger partial charge in [-0.05, 0) is 35.0 Å². The molecule has 3 aromatic rings. The molecule has 0 atom stereocenters. The summed E-state index contributed by atoms with van der Waals surface area (Å²) in [6, 6.07) is 29.3. The Morgan fingerprint density at radius 1 is 0.853 bits per heavy atom. The first-order valence-electron chi connectivity index (χ1n) is 11.5. The second-order valence-electron chi connectivity index (χ2n) is 8.30. The van der Waals surface area contributed by atoms with Gasteiger partial charge in [-0.15, -0.1) is 0 Å². The average molecular weight is 470 g/mol. The SMILES string of the molecule is COc1ccccc1/C=C1\SC(N2CCN(C(c3ccccc3)c3ccccc3)CC2)=NC1=O. The Labute approximate surface area is 204 Å². The normalized spacial score (nSPS) is 17.9. The molecule has 0 aliphatic carbocycles. The topological polar surface area (TPSA) is 45.1 Å². The first-order chi connectivity index (χ1) is 16.7. The molecule has 0 saturated carbocycles. The summed E-state index contributed by atoms with van der Waals surface area (Å²) in [4.78, 5) is 22.4. The monoisotopic (exact) mass is 469 g/mol. The number of hydrogen-bond donors (Lipinski definition) is 0. The summed E-state index contributed by atoms with van der Waals surface area (Å²) in [7, 11) is 1.64. The predicted octanol–water partition coefficient (Wildman–Crippen LogP) is 5.07. The zero-order chi connectivity index (χ0) is 23.3. The van der Waals surface area contributed by atoms with E-state index in [0.29, 0.717) is 4.91 Å². The minimum absolute atomic E-state index is 0.181. The lowest BCUT2D eigenvalue weighted by Crippen LogP contribution is -2.49. The molecule has 172 valence electrons. The van der Waals surface area contributed by atoms with E-state index in [9.17, 15) is 4.79 Å². The summed E-state index contributed by atoms with van der Waals surface area (Å²) in [6.45, 7) is 3.45. The van der Waals surface area contributed by atoms with Crippen LogP contribution in [0, 0.1) is 0 Å². The maximum absolute atomic E-state index is 12.6. The molecule has 1 saturated heterocycles. The lowest BCUT2D eigenvalue weighted by atomic mass is 9.96. The number of methoxy groups -OCH3 is 1. The number of para-hydroxylation sites is 1. The zero-order valence-corrected chi connectivity index (χ0v) is 19.9. The van der Waals surface area contributed by atoms with Crippen LogP contribution in [0.5, 0.6) is 5.75 Å². The first-order valence-corrected chi connectivity index (χ1v) is 12.3. The van der Waals surface area contributed by atoms with Crippen LogP contribution in [0.3, 0.4) is 0 Å². The number of ether oxygens (including phenoxy) is 1. The minimum Gasteiger partial charge on any atom is -0.496 e. The molecule has 5 nitrogen and oxygen atoms in total. The van der Waals surface area contributed by atoms with Gasteiger partial charge in [0.15, 0.2) is 5.17 Å². The van der Waals surface area contributed by atoms with E-state index < -0.39 is 0 Å². The standard InChI is InChI=1S/C28H27N3O2S/c1-33-24-15-9-8-14-23(24)20-25-27(32)29-28(34-25)31-18-16-30(17-19-31)26(21-10-4-2-5-11-21)22-12-6-3-7-13-22/h2-15,20,26H,16-19H2,1H3/b25-20-. The van der Waals surface area contributed by atoms with Gasteiger partial charge < -0.3 is 9.64 Å². The number of nitrogens with zero attached hydrogens (tertiary/aromatic N) is 3. The summed E-state index contributed by atoms with van der Waals surface area (Å²) in [5.74, 6) is 0.568.